The average molecular weight is 565 g/mol. The number of aryl methyl sites for hydroxylation is 1. The van der Waals surface area contributed by atoms with Crippen LogP contribution in [0, 0.1) is 0 Å². The van der Waals surface area contributed by atoms with E-state index in [-0.39, 0.29) is 16.1 Å². The van der Waals surface area contributed by atoms with Gasteiger partial charge in [-0.15, -0.1) is 0 Å². The standard InChI is InChI=1S/C34H29ClN2O4/c1-4-22-10-18-27(19-11-22)37-31(38)29(35)30(32(37)39)36-26-16-12-23(13-17-26)33(40)41-28-20-14-25(15-21-28)34(2,3)24-8-6-5-7-9-24/h5-21,36H,4H2,1-3H3. The molecule has 2 amide bonds. The second-order valence-corrected chi connectivity index (χ2v) is 10.6. The second-order valence-electron chi connectivity index (χ2n) is 10.3. The molecule has 0 spiro atoms. The molecule has 1 aliphatic rings. The molecule has 0 saturated heterocycles. The van der Waals surface area contributed by atoms with Crippen molar-refractivity contribution in [2.75, 3.05) is 10.2 Å². The number of esters is 1. The van der Waals surface area contributed by atoms with Crippen LogP contribution in [0.4, 0.5) is 11.4 Å². The summed E-state index contributed by atoms with van der Waals surface area (Å²) in [6, 6.07) is 31.3. The summed E-state index contributed by atoms with van der Waals surface area (Å²) in [4.78, 5) is 39.6. The Morgan fingerprint density at radius 3 is 2.02 bits per heavy atom. The van der Waals surface area contributed by atoms with Crippen molar-refractivity contribution < 1.29 is 19.1 Å². The molecule has 4 aromatic carbocycles. The molecule has 206 valence electrons. The van der Waals surface area contributed by atoms with E-state index in [1.54, 1.807) is 48.5 Å². The van der Waals surface area contributed by atoms with E-state index in [4.69, 9.17) is 16.3 Å². The Morgan fingerprint density at radius 1 is 0.805 bits per heavy atom. The van der Waals surface area contributed by atoms with Crippen LogP contribution in [-0.4, -0.2) is 17.8 Å². The summed E-state index contributed by atoms with van der Waals surface area (Å²) in [5.74, 6) is -1.23. The third kappa shape index (κ3) is 5.65. The lowest BCUT2D eigenvalue weighted by atomic mass is 9.78. The van der Waals surface area contributed by atoms with E-state index in [1.165, 1.54) is 5.56 Å². The van der Waals surface area contributed by atoms with Gasteiger partial charge in [-0.1, -0.05) is 87.0 Å². The number of carbonyl (C=O) groups excluding carboxylic acids is 3. The highest BCUT2D eigenvalue weighted by atomic mass is 35.5. The number of carbonyl (C=O) groups is 3. The van der Waals surface area contributed by atoms with Crippen LogP contribution in [0.15, 0.2) is 114 Å². The molecule has 0 unspecified atom stereocenters. The minimum atomic E-state index is -0.596. The molecule has 41 heavy (non-hydrogen) atoms. The number of anilines is 2. The Balaban J connectivity index is 1.24. The molecule has 0 saturated carbocycles. The maximum absolute atomic E-state index is 13.1. The van der Waals surface area contributed by atoms with Gasteiger partial charge in [-0.05, 0) is 71.6 Å². The van der Waals surface area contributed by atoms with Crippen molar-refractivity contribution in [1.82, 2.24) is 0 Å². The van der Waals surface area contributed by atoms with Crippen LogP contribution in [0.1, 0.15) is 47.8 Å². The van der Waals surface area contributed by atoms with Gasteiger partial charge >= 0.3 is 5.97 Å². The van der Waals surface area contributed by atoms with Gasteiger partial charge in [0.05, 0.1) is 11.3 Å². The van der Waals surface area contributed by atoms with Crippen LogP contribution in [0.25, 0.3) is 0 Å². The van der Waals surface area contributed by atoms with E-state index in [2.05, 4.69) is 31.3 Å². The van der Waals surface area contributed by atoms with Crippen LogP contribution in [0.3, 0.4) is 0 Å². The quantitative estimate of drug-likeness (QED) is 0.139. The third-order valence-corrected chi connectivity index (χ3v) is 7.65. The molecular formula is C34H29ClN2O4. The number of halogens is 1. The van der Waals surface area contributed by atoms with Crippen LogP contribution in [0.2, 0.25) is 0 Å². The summed E-state index contributed by atoms with van der Waals surface area (Å²) in [6.45, 7) is 6.33. The molecule has 0 bridgehead atoms. The summed E-state index contributed by atoms with van der Waals surface area (Å²) >= 11 is 6.25. The first-order valence-corrected chi connectivity index (χ1v) is 13.7. The van der Waals surface area contributed by atoms with E-state index < -0.39 is 17.8 Å². The molecule has 0 radical (unpaired) electrons. The number of hydrogen-bond acceptors (Lipinski definition) is 5. The molecule has 1 heterocycles. The maximum atomic E-state index is 13.1. The fraction of sp³-hybridized carbons (Fsp3) is 0.147. The van der Waals surface area contributed by atoms with Crippen LogP contribution in [0.5, 0.6) is 5.75 Å². The first kappa shape index (κ1) is 27.9. The molecular weight excluding hydrogens is 536 g/mol. The smallest absolute Gasteiger partial charge is 0.343 e. The third-order valence-electron chi connectivity index (χ3n) is 7.30. The topological polar surface area (TPSA) is 75.7 Å². The molecule has 1 aliphatic heterocycles. The minimum absolute atomic E-state index is 0.0231. The fourth-order valence-electron chi connectivity index (χ4n) is 4.69. The number of nitrogens with one attached hydrogen (secondary N) is 1. The Kier molecular flexibility index (Phi) is 7.77. The summed E-state index contributed by atoms with van der Waals surface area (Å²) in [7, 11) is 0. The highest BCUT2D eigenvalue weighted by molar-refractivity contribution is 6.53. The number of nitrogens with zero attached hydrogens (tertiary/aromatic N) is 1. The van der Waals surface area contributed by atoms with Gasteiger partial charge in [0.2, 0.25) is 0 Å². The highest BCUT2D eigenvalue weighted by Crippen LogP contribution is 2.33. The number of rotatable bonds is 8. The summed E-state index contributed by atoms with van der Waals surface area (Å²) < 4.78 is 5.58. The predicted octanol–water partition coefficient (Wildman–Crippen LogP) is 7.23. The Hall–Kier alpha value is -4.68. The van der Waals surface area contributed by atoms with Crippen molar-refractivity contribution in [3.8, 4) is 5.75 Å². The van der Waals surface area contributed by atoms with Gasteiger partial charge in [0, 0.05) is 11.1 Å². The summed E-state index contributed by atoms with van der Waals surface area (Å²) in [6.07, 6.45) is 0.844. The number of hydrogen-bond donors (Lipinski definition) is 1. The first-order chi connectivity index (χ1) is 19.7. The minimum Gasteiger partial charge on any atom is -0.423 e. The van der Waals surface area contributed by atoms with Gasteiger partial charge in [-0.3, -0.25) is 9.59 Å². The Morgan fingerprint density at radius 2 is 1.41 bits per heavy atom. The summed E-state index contributed by atoms with van der Waals surface area (Å²) in [5, 5.41) is 2.73. The molecule has 0 atom stereocenters. The van der Waals surface area contributed by atoms with E-state index in [1.807, 2.05) is 49.4 Å². The maximum Gasteiger partial charge on any atom is 0.343 e. The normalized spacial score (nSPS) is 13.5. The Labute approximate surface area is 244 Å². The zero-order chi connectivity index (χ0) is 29.1. The van der Waals surface area contributed by atoms with Gasteiger partial charge in [-0.25, -0.2) is 9.69 Å². The Bertz CT molecular complexity index is 1630. The molecule has 7 heteroatoms. The highest BCUT2D eigenvalue weighted by Gasteiger charge is 2.39. The van der Waals surface area contributed by atoms with E-state index in [0.29, 0.717) is 22.7 Å². The SMILES string of the molecule is CCc1ccc(N2C(=O)C(Cl)=C(Nc3ccc(C(=O)Oc4ccc(C(C)(C)c5ccccc5)cc4)cc3)C2=O)cc1. The first-order valence-electron chi connectivity index (χ1n) is 13.3. The lowest BCUT2D eigenvalue weighted by Gasteiger charge is -2.26. The van der Waals surface area contributed by atoms with Gasteiger partial charge < -0.3 is 10.1 Å². The van der Waals surface area contributed by atoms with Crippen molar-refractivity contribution in [2.24, 2.45) is 0 Å². The number of imide groups is 1. The van der Waals surface area contributed by atoms with E-state index in [0.717, 1.165) is 22.4 Å². The molecule has 1 N–H and O–H groups in total. The van der Waals surface area contributed by atoms with Gasteiger partial charge in [0.1, 0.15) is 16.5 Å². The number of amides is 2. The summed E-state index contributed by atoms with van der Waals surface area (Å²) in [5.41, 5.74) is 4.43. The van der Waals surface area contributed by atoms with Gasteiger partial charge in [0.15, 0.2) is 0 Å². The lowest BCUT2D eigenvalue weighted by molar-refractivity contribution is -0.120. The monoisotopic (exact) mass is 564 g/mol. The van der Waals surface area contributed by atoms with Crippen LogP contribution in [-0.2, 0) is 21.4 Å². The number of ether oxygens (including phenoxy) is 1. The van der Waals surface area contributed by atoms with Crippen LogP contribution < -0.4 is 15.0 Å². The molecule has 6 nitrogen and oxygen atoms in total. The predicted molar refractivity (Wildman–Crippen MR) is 161 cm³/mol. The van der Waals surface area contributed by atoms with Gasteiger partial charge in [0.25, 0.3) is 11.8 Å². The van der Waals surface area contributed by atoms with E-state index >= 15 is 0 Å². The fourth-order valence-corrected chi connectivity index (χ4v) is 4.90. The molecule has 5 rings (SSSR count). The van der Waals surface area contributed by atoms with Crippen molar-refractivity contribution in [3.63, 3.8) is 0 Å². The van der Waals surface area contributed by atoms with Crippen molar-refractivity contribution in [2.45, 2.75) is 32.6 Å². The lowest BCUT2D eigenvalue weighted by Crippen LogP contribution is -2.32. The van der Waals surface area contributed by atoms with Gasteiger partial charge in [-0.2, -0.15) is 0 Å². The zero-order valence-electron chi connectivity index (χ0n) is 23.0. The van der Waals surface area contributed by atoms with Crippen molar-refractivity contribution >= 4 is 40.8 Å². The van der Waals surface area contributed by atoms with E-state index in [9.17, 15) is 14.4 Å². The number of benzene rings is 4. The molecule has 4 aromatic rings. The molecule has 0 aromatic heterocycles. The molecule has 0 aliphatic carbocycles. The zero-order valence-corrected chi connectivity index (χ0v) is 23.7. The van der Waals surface area contributed by atoms with Crippen molar-refractivity contribution in [1.29, 1.82) is 0 Å². The van der Waals surface area contributed by atoms with Crippen molar-refractivity contribution in [3.05, 3.63) is 136 Å². The average Bonchev–Trinajstić information content (AvgIpc) is 3.21. The second kappa shape index (κ2) is 11.4. The largest absolute Gasteiger partial charge is 0.423 e. The van der Waals surface area contributed by atoms with Crippen LogP contribution >= 0.6 is 11.6 Å². The molecule has 0 fully saturated rings.